The van der Waals surface area contributed by atoms with Crippen LogP contribution in [0.15, 0.2) is 95.6 Å². The van der Waals surface area contributed by atoms with E-state index in [1.54, 1.807) is 17.5 Å². The van der Waals surface area contributed by atoms with Gasteiger partial charge < -0.3 is 0 Å². The summed E-state index contributed by atoms with van der Waals surface area (Å²) in [4.78, 5) is 13.9. The zero-order chi connectivity index (χ0) is 20.9. The van der Waals surface area contributed by atoms with Gasteiger partial charge in [0.1, 0.15) is 16.4 Å². The van der Waals surface area contributed by atoms with Gasteiger partial charge in [-0.15, -0.1) is 21.5 Å². The van der Waals surface area contributed by atoms with Crippen molar-refractivity contribution in [3.05, 3.63) is 96.1 Å². The van der Waals surface area contributed by atoms with Gasteiger partial charge in [0.05, 0.1) is 11.4 Å². The van der Waals surface area contributed by atoms with Crippen LogP contribution in [0.25, 0.3) is 33.2 Å². The van der Waals surface area contributed by atoms with E-state index in [1.807, 2.05) is 78.9 Å². The van der Waals surface area contributed by atoms with Crippen LogP contribution >= 0.6 is 23.1 Å². The summed E-state index contributed by atoms with van der Waals surface area (Å²) >= 11 is 3.13. The van der Waals surface area contributed by atoms with Crippen LogP contribution in [-0.4, -0.2) is 25.1 Å². The van der Waals surface area contributed by atoms with Crippen molar-refractivity contribution in [3.8, 4) is 33.2 Å². The first-order valence-electron chi connectivity index (χ1n) is 9.71. The Morgan fingerprint density at radius 1 is 0.710 bits per heavy atom. The molecule has 0 aliphatic carbocycles. The molecule has 5 nitrogen and oxygen atoms in total. The minimum Gasteiger partial charge on any atom is -0.254 e. The third-order valence-corrected chi connectivity index (χ3v) is 6.33. The lowest BCUT2D eigenvalue weighted by molar-refractivity contribution is 0.849. The average Bonchev–Trinajstić information content (AvgIpc) is 3.33. The highest BCUT2D eigenvalue weighted by Gasteiger charge is 2.14. The summed E-state index contributed by atoms with van der Waals surface area (Å²) in [7, 11) is 0. The number of hydrogen-bond acceptors (Lipinski definition) is 7. The highest BCUT2D eigenvalue weighted by Crippen LogP contribution is 2.31. The number of benzene rings is 2. The number of thioether (sulfide) groups is 1. The molecule has 31 heavy (non-hydrogen) atoms. The van der Waals surface area contributed by atoms with E-state index in [9.17, 15) is 0 Å². The summed E-state index contributed by atoms with van der Waals surface area (Å²) in [6, 6.07) is 26.0. The Morgan fingerprint density at radius 2 is 1.42 bits per heavy atom. The Morgan fingerprint density at radius 3 is 2.13 bits per heavy atom. The van der Waals surface area contributed by atoms with Crippen LogP contribution in [0.4, 0.5) is 0 Å². The number of pyridine rings is 1. The number of thiazole rings is 1. The van der Waals surface area contributed by atoms with Crippen LogP contribution in [0.5, 0.6) is 0 Å². The molecular formula is C24H17N5S2. The zero-order valence-corrected chi connectivity index (χ0v) is 18.1. The number of hydrogen-bond donors (Lipinski definition) is 0. The summed E-state index contributed by atoms with van der Waals surface area (Å²) in [6.07, 6.45) is 1.78. The van der Waals surface area contributed by atoms with Gasteiger partial charge in [-0.1, -0.05) is 78.5 Å². The van der Waals surface area contributed by atoms with E-state index >= 15 is 0 Å². The second kappa shape index (κ2) is 9.16. The summed E-state index contributed by atoms with van der Waals surface area (Å²) in [6.45, 7) is 0. The van der Waals surface area contributed by atoms with E-state index in [4.69, 9.17) is 9.97 Å². The lowest BCUT2D eigenvalue weighted by Crippen LogP contribution is -1.99. The molecule has 3 aromatic heterocycles. The molecule has 0 saturated carbocycles. The van der Waals surface area contributed by atoms with Gasteiger partial charge in [-0.25, -0.2) is 9.97 Å². The first kappa shape index (κ1) is 19.5. The van der Waals surface area contributed by atoms with Crippen molar-refractivity contribution in [1.29, 1.82) is 0 Å². The van der Waals surface area contributed by atoms with Crippen molar-refractivity contribution in [3.63, 3.8) is 0 Å². The molecule has 0 saturated heterocycles. The Hall–Kier alpha value is -3.42. The molecule has 150 valence electrons. The average molecular weight is 440 g/mol. The summed E-state index contributed by atoms with van der Waals surface area (Å²) < 4.78 is 0. The van der Waals surface area contributed by atoms with Crippen molar-refractivity contribution in [1.82, 2.24) is 25.1 Å². The van der Waals surface area contributed by atoms with Gasteiger partial charge in [0, 0.05) is 28.5 Å². The molecule has 7 heteroatoms. The van der Waals surface area contributed by atoms with E-state index in [0.29, 0.717) is 10.9 Å². The molecular weight excluding hydrogens is 422 g/mol. The predicted molar refractivity (Wildman–Crippen MR) is 126 cm³/mol. The second-order valence-electron chi connectivity index (χ2n) is 6.67. The van der Waals surface area contributed by atoms with Crippen LogP contribution in [0.2, 0.25) is 0 Å². The molecule has 0 spiro atoms. The third kappa shape index (κ3) is 4.52. The maximum absolute atomic E-state index is 4.85. The minimum atomic E-state index is 0.630. The molecule has 0 unspecified atom stereocenters. The van der Waals surface area contributed by atoms with Gasteiger partial charge in [-0.05, 0) is 12.1 Å². The fraction of sp³-hybridized carbons (Fsp3) is 0.0417. The first-order chi connectivity index (χ1) is 15.4. The normalized spacial score (nSPS) is 10.8. The highest BCUT2D eigenvalue weighted by molar-refractivity contribution is 7.98. The Balaban J connectivity index is 1.41. The van der Waals surface area contributed by atoms with Crippen LogP contribution in [0.1, 0.15) is 5.69 Å². The largest absolute Gasteiger partial charge is 0.254 e. The Bertz CT molecular complexity index is 1280. The lowest BCUT2D eigenvalue weighted by atomic mass is 10.0. The van der Waals surface area contributed by atoms with Crippen LogP contribution in [0.3, 0.4) is 0 Å². The Labute approximate surface area is 188 Å². The first-order valence-corrected chi connectivity index (χ1v) is 11.6. The standard InChI is InChI=1S/C24H17N5S2/c1-3-9-17(10-4-1)21-22(18-11-5-2-6-12-18)28-29-24(27-21)31-16-19-15-30-23(26-19)20-13-7-8-14-25-20/h1-15H,16H2. The molecule has 0 aliphatic heterocycles. The SMILES string of the molecule is c1ccc(-c2nnc(SCc3csc(-c4ccccn4)n3)nc2-c2ccccc2)cc1. The number of aromatic nitrogens is 5. The summed E-state index contributed by atoms with van der Waals surface area (Å²) in [5.41, 5.74) is 5.49. The fourth-order valence-corrected chi connectivity index (χ4v) is 4.66. The van der Waals surface area contributed by atoms with Crippen molar-refractivity contribution in [2.45, 2.75) is 10.9 Å². The summed E-state index contributed by atoms with van der Waals surface area (Å²) in [5, 5.41) is 12.5. The molecule has 2 aromatic carbocycles. The monoisotopic (exact) mass is 439 g/mol. The van der Waals surface area contributed by atoms with Crippen LogP contribution < -0.4 is 0 Å². The van der Waals surface area contributed by atoms with Crippen LogP contribution in [0, 0.1) is 0 Å². The topological polar surface area (TPSA) is 64.5 Å². The molecule has 0 atom stereocenters. The van der Waals surface area contributed by atoms with Gasteiger partial charge in [0.25, 0.3) is 0 Å². The van der Waals surface area contributed by atoms with Gasteiger partial charge in [0.15, 0.2) is 0 Å². The predicted octanol–water partition coefficient (Wildman–Crippen LogP) is 6.02. The maximum atomic E-state index is 4.85. The molecule has 0 radical (unpaired) electrons. The van der Waals surface area contributed by atoms with Crippen molar-refractivity contribution >= 4 is 23.1 Å². The number of rotatable bonds is 6. The molecule has 5 rings (SSSR count). The van der Waals surface area contributed by atoms with Crippen molar-refractivity contribution in [2.75, 3.05) is 0 Å². The van der Waals surface area contributed by atoms with Gasteiger partial charge in [-0.2, -0.15) is 0 Å². The highest BCUT2D eigenvalue weighted by atomic mass is 32.2. The van der Waals surface area contributed by atoms with Gasteiger partial charge >= 0.3 is 0 Å². The van der Waals surface area contributed by atoms with Crippen LogP contribution in [-0.2, 0) is 5.75 Å². The molecule has 0 fully saturated rings. The van der Waals surface area contributed by atoms with E-state index in [0.717, 1.165) is 38.9 Å². The quantitative estimate of drug-likeness (QED) is 0.302. The lowest BCUT2D eigenvalue weighted by Gasteiger charge is -2.09. The molecule has 3 heterocycles. The molecule has 0 amide bonds. The smallest absolute Gasteiger partial charge is 0.210 e. The minimum absolute atomic E-state index is 0.630. The van der Waals surface area contributed by atoms with Gasteiger partial charge in [0.2, 0.25) is 5.16 Å². The third-order valence-electron chi connectivity index (χ3n) is 4.55. The fourth-order valence-electron chi connectivity index (χ4n) is 3.08. The molecule has 5 aromatic rings. The molecule has 0 bridgehead atoms. The van der Waals surface area contributed by atoms with Crippen molar-refractivity contribution in [2.24, 2.45) is 0 Å². The molecule has 0 aliphatic rings. The second-order valence-corrected chi connectivity index (χ2v) is 8.47. The molecule has 0 N–H and O–H groups in total. The summed E-state index contributed by atoms with van der Waals surface area (Å²) in [5.74, 6) is 0.671. The zero-order valence-electron chi connectivity index (χ0n) is 16.4. The number of nitrogens with zero attached hydrogens (tertiary/aromatic N) is 5. The van der Waals surface area contributed by atoms with Gasteiger partial charge in [-0.3, -0.25) is 4.98 Å². The van der Waals surface area contributed by atoms with E-state index in [2.05, 4.69) is 20.6 Å². The van der Waals surface area contributed by atoms with E-state index in [-0.39, 0.29) is 0 Å². The van der Waals surface area contributed by atoms with E-state index in [1.165, 1.54) is 11.8 Å². The Kier molecular flexibility index (Phi) is 5.77. The van der Waals surface area contributed by atoms with E-state index < -0.39 is 0 Å². The van der Waals surface area contributed by atoms with Crippen molar-refractivity contribution < 1.29 is 0 Å². The maximum Gasteiger partial charge on any atom is 0.210 e.